The number of pyridine rings is 2. The summed E-state index contributed by atoms with van der Waals surface area (Å²) in [5.74, 6) is 0.541. The third kappa shape index (κ3) is 4.95. The van der Waals surface area contributed by atoms with Gasteiger partial charge in [-0.2, -0.15) is 0 Å². The molecule has 0 aliphatic carbocycles. The van der Waals surface area contributed by atoms with Gasteiger partial charge in [0.15, 0.2) is 11.2 Å². The standard InChI is InChI=1S/C21H22N8O4/c1-13-4-5-14-6-9-17(25-21(14)24-13)22-10-3-11-23-18(30)12-28(2)15-7-8-16(29(31)32)20-19(15)26-33-27-20/h4-9H,3,10-12H2,1-2H3,(H,23,30)(H,22,24,25). The fraction of sp³-hybridized carbons (Fsp3) is 0.286. The Kier molecular flexibility index (Phi) is 6.24. The second-order valence-electron chi connectivity index (χ2n) is 7.50. The molecule has 12 nitrogen and oxygen atoms in total. The van der Waals surface area contributed by atoms with Gasteiger partial charge in [-0.15, -0.1) is 0 Å². The number of rotatable bonds is 9. The maximum atomic E-state index is 12.3. The van der Waals surface area contributed by atoms with Crippen LogP contribution in [0.15, 0.2) is 41.0 Å². The van der Waals surface area contributed by atoms with Crippen LogP contribution < -0.4 is 15.5 Å². The molecule has 2 N–H and O–H groups in total. The fourth-order valence-corrected chi connectivity index (χ4v) is 3.38. The van der Waals surface area contributed by atoms with Crippen LogP contribution in [-0.2, 0) is 4.79 Å². The van der Waals surface area contributed by atoms with E-state index in [4.69, 9.17) is 0 Å². The molecule has 3 aromatic heterocycles. The molecule has 12 heteroatoms. The minimum atomic E-state index is -0.554. The molecule has 4 aromatic rings. The lowest BCUT2D eigenvalue weighted by atomic mass is 10.2. The molecule has 0 aliphatic rings. The van der Waals surface area contributed by atoms with Crippen LogP contribution in [0.3, 0.4) is 0 Å². The van der Waals surface area contributed by atoms with Crippen LogP contribution in [0.25, 0.3) is 22.1 Å². The molecule has 0 saturated carbocycles. The van der Waals surface area contributed by atoms with Crippen molar-refractivity contribution in [3.8, 4) is 0 Å². The quantitative estimate of drug-likeness (QED) is 0.221. The largest absolute Gasteiger partial charge is 0.370 e. The Hall–Kier alpha value is -4.35. The smallest absolute Gasteiger partial charge is 0.300 e. The van der Waals surface area contributed by atoms with Crippen molar-refractivity contribution in [2.75, 3.05) is 36.9 Å². The molecule has 0 unspecified atom stereocenters. The van der Waals surface area contributed by atoms with Crippen molar-refractivity contribution in [1.29, 1.82) is 0 Å². The second-order valence-corrected chi connectivity index (χ2v) is 7.50. The summed E-state index contributed by atoms with van der Waals surface area (Å²) in [7, 11) is 1.69. The Morgan fingerprint density at radius 2 is 1.88 bits per heavy atom. The van der Waals surface area contributed by atoms with Crippen molar-refractivity contribution in [3.05, 3.63) is 52.2 Å². The number of hydrogen-bond donors (Lipinski definition) is 2. The molecule has 3 heterocycles. The van der Waals surface area contributed by atoms with Gasteiger partial charge in [-0.05, 0) is 54.0 Å². The van der Waals surface area contributed by atoms with E-state index in [0.29, 0.717) is 30.8 Å². The Morgan fingerprint density at radius 3 is 2.70 bits per heavy atom. The highest BCUT2D eigenvalue weighted by atomic mass is 16.6. The molecular formula is C21H22N8O4. The molecule has 0 atom stereocenters. The number of non-ortho nitro benzene ring substituents is 1. The number of nitro benzene ring substituents is 1. The van der Waals surface area contributed by atoms with Crippen LogP contribution in [-0.4, -0.2) is 57.8 Å². The number of nitrogens with zero attached hydrogens (tertiary/aromatic N) is 6. The molecule has 1 amide bonds. The number of nitro groups is 1. The van der Waals surface area contributed by atoms with Crippen LogP contribution in [0.5, 0.6) is 0 Å². The first-order chi connectivity index (χ1) is 15.9. The highest BCUT2D eigenvalue weighted by molar-refractivity contribution is 5.95. The van der Waals surface area contributed by atoms with Crippen molar-refractivity contribution in [2.24, 2.45) is 0 Å². The predicted octanol–water partition coefficient (Wildman–Crippen LogP) is 2.44. The number of carbonyl (C=O) groups excluding carboxylic acids is 1. The zero-order valence-electron chi connectivity index (χ0n) is 18.1. The highest BCUT2D eigenvalue weighted by Gasteiger charge is 2.21. The third-order valence-electron chi connectivity index (χ3n) is 5.04. The van der Waals surface area contributed by atoms with E-state index in [1.807, 2.05) is 31.2 Å². The number of fused-ring (bicyclic) bond motifs is 2. The molecule has 1 aromatic carbocycles. The van der Waals surface area contributed by atoms with E-state index in [9.17, 15) is 14.9 Å². The minimum Gasteiger partial charge on any atom is -0.370 e. The summed E-state index contributed by atoms with van der Waals surface area (Å²) in [6, 6.07) is 10.6. The molecule has 33 heavy (non-hydrogen) atoms. The Balaban J connectivity index is 1.25. The first-order valence-electron chi connectivity index (χ1n) is 10.3. The lowest BCUT2D eigenvalue weighted by Gasteiger charge is -2.18. The second kappa shape index (κ2) is 9.42. The van der Waals surface area contributed by atoms with Crippen molar-refractivity contribution in [2.45, 2.75) is 13.3 Å². The van der Waals surface area contributed by atoms with Crippen molar-refractivity contribution >= 4 is 45.2 Å². The van der Waals surface area contributed by atoms with Crippen LogP contribution >= 0.6 is 0 Å². The van der Waals surface area contributed by atoms with Gasteiger partial charge >= 0.3 is 5.69 Å². The van der Waals surface area contributed by atoms with E-state index < -0.39 is 4.92 Å². The number of amides is 1. The first kappa shape index (κ1) is 21.9. The summed E-state index contributed by atoms with van der Waals surface area (Å²) in [6.45, 7) is 3.08. The van der Waals surface area contributed by atoms with Gasteiger partial charge in [-0.3, -0.25) is 14.9 Å². The Labute approximate surface area is 188 Å². The van der Waals surface area contributed by atoms with Gasteiger partial charge in [0.25, 0.3) is 0 Å². The number of hydrogen-bond acceptors (Lipinski definition) is 10. The summed E-state index contributed by atoms with van der Waals surface area (Å²) in [5.41, 5.74) is 2.19. The van der Waals surface area contributed by atoms with Gasteiger partial charge in [-0.1, -0.05) is 0 Å². The molecule has 0 aliphatic heterocycles. The zero-order chi connectivity index (χ0) is 23.4. The van der Waals surface area contributed by atoms with Crippen LogP contribution in [0.1, 0.15) is 12.1 Å². The van der Waals surface area contributed by atoms with E-state index in [1.165, 1.54) is 12.1 Å². The van der Waals surface area contributed by atoms with E-state index in [2.05, 4.69) is 35.5 Å². The third-order valence-corrected chi connectivity index (χ3v) is 5.04. The SMILES string of the molecule is Cc1ccc2ccc(NCCCNC(=O)CN(C)c3ccc([N+](=O)[O-])c4nonc34)nc2n1. The molecule has 0 radical (unpaired) electrons. The lowest BCUT2D eigenvalue weighted by molar-refractivity contribution is -0.383. The highest BCUT2D eigenvalue weighted by Crippen LogP contribution is 2.30. The van der Waals surface area contributed by atoms with Gasteiger partial charge in [0.1, 0.15) is 5.82 Å². The number of benzene rings is 1. The van der Waals surface area contributed by atoms with Crippen molar-refractivity contribution in [3.63, 3.8) is 0 Å². The molecule has 4 rings (SSSR count). The van der Waals surface area contributed by atoms with Gasteiger partial charge in [0.2, 0.25) is 11.4 Å². The van der Waals surface area contributed by atoms with Crippen molar-refractivity contribution in [1.82, 2.24) is 25.6 Å². The number of nitrogens with one attached hydrogen (secondary N) is 2. The maximum absolute atomic E-state index is 12.3. The van der Waals surface area contributed by atoms with Gasteiger partial charge in [0.05, 0.1) is 17.2 Å². The Morgan fingerprint density at radius 1 is 1.09 bits per heavy atom. The molecule has 170 valence electrons. The topological polar surface area (TPSA) is 152 Å². The molecule has 0 spiro atoms. The normalized spacial score (nSPS) is 11.0. The first-order valence-corrected chi connectivity index (χ1v) is 10.3. The summed E-state index contributed by atoms with van der Waals surface area (Å²) in [5, 5.41) is 25.5. The average molecular weight is 450 g/mol. The van der Waals surface area contributed by atoms with Crippen LogP contribution in [0.2, 0.25) is 0 Å². The molecule has 0 bridgehead atoms. The van der Waals surface area contributed by atoms with E-state index in [-0.39, 0.29) is 29.2 Å². The minimum absolute atomic E-state index is 0.0449. The fourth-order valence-electron chi connectivity index (χ4n) is 3.38. The van der Waals surface area contributed by atoms with Crippen molar-refractivity contribution < 1.29 is 14.3 Å². The maximum Gasteiger partial charge on any atom is 0.300 e. The van der Waals surface area contributed by atoms with Gasteiger partial charge < -0.3 is 15.5 Å². The van der Waals surface area contributed by atoms with Crippen LogP contribution in [0, 0.1) is 17.0 Å². The summed E-state index contributed by atoms with van der Waals surface area (Å²) in [6.07, 6.45) is 0.700. The summed E-state index contributed by atoms with van der Waals surface area (Å²) < 4.78 is 4.66. The van der Waals surface area contributed by atoms with Gasteiger partial charge in [0, 0.05) is 37.3 Å². The molecule has 0 fully saturated rings. The summed E-state index contributed by atoms with van der Waals surface area (Å²) >= 11 is 0. The average Bonchev–Trinajstić information content (AvgIpc) is 3.27. The number of carbonyl (C=O) groups is 1. The lowest BCUT2D eigenvalue weighted by Crippen LogP contribution is -2.36. The number of anilines is 2. The van der Waals surface area contributed by atoms with Gasteiger partial charge in [-0.25, -0.2) is 14.6 Å². The zero-order valence-corrected chi connectivity index (χ0v) is 18.1. The predicted molar refractivity (Wildman–Crippen MR) is 122 cm³/mol. The molecule has 0 saturated heterocycles. The number of likely N-dealkylation sites (N-methyl/N-ethyl adjacent to an activating group) is 1. The van der Waals surface area contributed by atoms with E-state index in [1.54, 1.807) is 11.9 Å². The van der Waals surface area contributed by atoms with E-state index in [0.717, 1.165) is 16.9 Å². The monoisotopic (exact) mass is 450 g/mol. The number of aromatic nitrogens is 4. The number of aryl methyl sites for hydroxylation is 1. The van der Waals surface area contributed by atoms with E-state index >= 15 is 0 Å². The molecular weight excluding hydrogens is 428 g/mol. The van der Waals surface area contributed by atoms with Crippen LogP contribution in [0.4, 0.5) is 17.2 Å². The Bertz CT molecular complexity index is 1320. The summed E-state index contributed by atoms with van der Waals surface area (Å²) in [4.78, 5) is 33.4.